The first-order valence-corrected chi connectivity index (χ1v) is 8.92. The number of fused-ring (bicyclic) bond motifs is 5. The van der Waals surface area contributed by atoms with Crippen molar-refractivity contribution < 1.29 is 9.53 Å². The fourth-order valence-corrected chi connectivity index (χ4v) is 4.21. The number of piperidine rings is 1. The Hall–Kier alpha value is -2.55. The molecule has 1 heterocycles. The molecule has 2 aliphatic rings. The summed E-state index contributed by atoms with van der Waals surface area (Å²) in [6, 6.07) is 15.4. The van der Waals surface area contributed by atoms with Gasteiger partial charge in [0.1, 0.15) is 6.61 Å². The fraction of sp³-hybridized carbons (Fsp3) is 0.318. The number of rotatable bonds is 3. The van der Waals surface area contributed by atoms with Gasteiger partial charge in [-0.3, -0.25) is 0 Å². The predicted octanol–water partition coefficient (Wildman–Crippen LogP) is 5.22. The summed E-state index contributed by atoms with van der Waals surface area (Å²) >= 11 is 0. The highest BCUT2D eigenvalue weighted by molar-refractivity contribution is 5.71. The van der Waals surface area contributed by atoms with Crippen LogP contribution in [0.25, 0.3) is 11.1 Å². The number of nitrogens with zero attached hydrogens (tertiary/aromatic N) is 1. The molecule has 128 valence electrons. The number of carbonyl (C=O) groups is 1. The van der Waals surface area contributed by atoms with Crippen molar-refractivity contribution in [3.63, 3.8) is 0 Å². The molecule has 2 aromatic carbocycles. The molecule has 0 saturated carbocycles. The molecule has 3 nitrogen and oxygen atoms in total. The van der Waals surface area contributed by atoms with Gasteiger partial charge in [-0.2, -0.15) is 0 Å². The Labute approximate surface area is 148 Å². The van der Waals surface area contributed by atoms with Gasteiger partial charge < -0.3 is 9.64 Å². The molecule has 2 atom stereocenters. The third-order valence-electron chi connectivity index (χ3n) is 5.40. The van der Waals surface area contributed by atoms with Gasteiger partial charge in [0.15, 0.2) is 0 Å². The van der Waals surface area contributed by atoms with Crippen molar-refractivity contribution in [2.75, 3.05) is 13.2 Å². The van der Waals surface area contributed by atoms with Crippen molar-refractivity contribution in [1.82, 2.24) is 4.90 Å². The Morgan fingerprint density at radius 3 is 2.88 bits per heavy atom. The molecular formula is C22H23NO2. The Balaban J connectivity index is 1.68. The lowest BCUT2D eigenvalue weighted by Crippen LogP contribution is -2.37. The smallest absolute Gasteiger partial charge is 0.410 e. The molecule has 0 aromatic heterocycles. The number of hydrogen-bond donors (Lipinski definition) is 0. The molecule has 1 aliphatic carbocycles. The molecule has 0 radical (unpaired) electrons. The van der Waals surface area contributed by atoms with Crippen LogP contribution in [0, 0.1) is 6.92 Å². The van der Waals surface area contributed by atoms with Crippen molar-refractivity contribution in [1.29, 1.82) is 0 Å². The van der Waals surface area contributed by atoms with E-state index >= 15 is 0 Å². The summed E-state index contributed by atoms with van der Waals surface area (Å²) in [5.41, 5.74) is 6.39. The summed E-state index contributed by atoms with van der Waals surface area (Å²) in [4.78, 5) is 14.3. The molecule has 3 heteroatoms. The number of amides is 1. The van der Waals surface area contributed by atoms with Gasteiger partial charge in [0.05, 0.1) is 6.04 Å². The maximum atomic E-state index is 12.4. The zero-order valence-electron chi connectivity index (χ0n) is 14.6. The van der Waals surface area contributed by atoms with E-state index in [1.54, 1.807) is 6.08 Å². The quantitative estimate of drug-likeness (QED) is 0.721. The number of hydrogen-bond acceptors (Lipinski definition) is 2. The van der Waals surface area contributed by atoms with Gasteiger partial charge in [0.2, 0.25) is 0 Å². The molecule has 4 rings (SSSR count). The molecular weight excluding hydrogens is 310 g/mol. The zero-order valence-corrected chi connectivity index (χ0v) is 14.6. The maximum Gasteiger partial charge on any atom is 0.410 e. The Morgan fingerprint density at radius 2 is 2.08 bits per heavy atom. The standard InChI is InChI=1S/C22H23NO2/c1-3-11-25-22(24)23-10-9-18-14-21(23)20-13-17(7-8-19(18)20)16-6-4-5-15(2)12-16/h3-8,12-13,18,21H,1,9-11,14H2,2H3/t18-,21?/m1/s1. The van der Waals surface area contributed by atoms with Crippen molar-refractivity contribution in [2.24, 2.45) is 0 Å². The van der Waals surface area contributed by atoms with E-state index in [2.05, 4.69) is 56.0 Å². The highest BCUT2D eigenvalue weighted by Crippen LogP contribution is 2.49. The highest BCUT2D eigenvalue weighted by Gasteiger charge is 2.41. The first-order valence-electron chi connectivity index (χ1n) is 8.92. The van der Waals surface area contributed by atoms with E-state index in [9.17, 15) is 4.79 Å². The summed E-state index contributed by atoms with van der Waals surface area (Å²) < 4.78 is 5.30. The van der Waals surface area contributed by atoms with Gasteiger partial charge >= 0.3 is 6.09 Å². The number of benzene rings is 2. The third kappa shape index (κ3) is 2.84. The molecule has 1 unspecified atom stereocenters. The van der Waals surface area contributed by atoms with Gasteiger partial charge in [-0.15, -0.1) is 0 Å². The van der Waals surface area contributed by atoms with Gasteiger partial charge in [0, 0.05) is 6.54 Å². The van der Waals surface area contributed by atoms with E-state index in [0.717, 1.165) is 19.4 Å². The lowest BCUT2D eigenvalue weighted by Gasteiger charge is -2.32. The summed E-state index contributed by atoms with van der Waals surface area (Å²) in [6.45, 7) is 6.76. The third-order valence-corrected chi connectivity index (χ3v) is 5.40. The number of aryl methyl sites for hydroxylation is 1. The Bertz CT molecular complexity index is 827. The molecule has 25 heavy (non-hydrogen) atoms. The van der Waals surface area contributed by atoms with Crippen LogP contribution in [0.3, 0.4) is 0 Å². The largest absolute Gasteiger partial charge is 0.445 e. The average Bonchev–Trinajstić information content (AvgIpc) is 2.92. The Kier molecular flexibility index (Phi) is 4.08. The molecule has 0 spiro atoms. The van der Waals surface area contributed by atoms with Crippen LogP contribution < -0.4 is 0 Å². The SMILES string of the molecule is C=CCOC(=O)N1CC[C@@H]2CC1c1cc(-c3cccc(C)c3)ccc12. The summed E-state index contributed by atoms with van der Waals surface area (Å²) in [7, 11) is 0. The predicted molar refractivity (Wildman–Crippen MR) is 99.6 cm³/mol. The first-order chi connectivity index (χ1) is 12.2. The molecule has 0 N–H and O–H groups in total. The van der Waals surface area contributed by atoms with Crippen LogP contribution >= 0.6 is 0 Å². The minimum atomic E-state index is -0.225. The van der Waals surface area contributed by atoms with Crippen LogP contribution in [0.2, 0.25) is 0 Å². The monoisotopic (exact) mass is 333 g/mol. The fourth-order valence-electron chi connectivity index (χ4n) is 4.21. The van der Waals surface area contributed by atoms with Gasteiger partial charge in [-0.25, -0.2) is 4.79 Å². The van der Waals surface area contributed by atoms with Crippen molar-refractivity contribution >= 4 is 6.09 Å². The molecule has 1 fully saturated rings. The van der Waals surface area contributed by atoms with Crippen LogP contribution in [0.4, 0.5) is 4.79 Å². The van der Waals surface area contributed by atoms with Gasteiger partial charge in [0.25, 0.3) is 0 Å². The van der Waals surface area contributed by atoms with E-state index in [-0.39, 0.29) is 18.7 Å². The second kappa shape index (κ2) is 6.40. The lowest BCUT2D eigenvalue weighted by atomic mass is 9.95. The van der Waals surface area contributed by atoms with Gasteiger partial charge in [-0.1, -0.05) is 54.6 Å². The van der Waals surface area contributed by atoms with Crippen LogP contribution in [0.1, 0.15) is 41.5 Å². The molecule has 1 aliphatic heterocycles. The molecule has 2 bridgehead atoms. The maximum absolute atomic E-state index is 12.4. The zero-order chi connectivity index (χ0) is 17.4. The van der Waals surface area contributed by atoms with Crippen LogP contribution in [-0.4, -0.2) is 24.1 Å². The van der Waals surface area contributed by atoms with Crippen LogP contribution in [0.15, 0.2) is 55.1 Å². The van der Waals surface area contributed by atoms with Crippen LogP contribution in [0.5, 0.6) is 0 Å². The van der Waals surface area contributed by atoms with Crippen molar-refractivity contribution in [3.05, 3.63) is 71.8 Å². The van der Waals surface area contributed by atoms with Crippen molar-refractivity contribution in [3.8, 4) is 11.1 Å². The topological polar surface area (TPSA) is 29.5 Å². The highest BCUT2D eigenvalue weighted by atomic mass is 16.6. The lowest BCUT2D eigenvalue weighted by molar-refractivity contribution is 0.0824. The van der Waals surface area contributed by atoms with Gasteiger partial charge in [-0.05, 0) is 54.0 Å². The second-order valence-corrected chi connectivity index (χ2v) is 7.01. The van der Waals surface area contributed by atoms with E-state index in [1.807, 2.05) is 4.90 Å². The number of ether oxygens (including phenoxy) is 1. The number of likely N-dealkylation sites (tertiary alicyclic amines) is 1. The molecule has 1 saturated heterocycles. The minimum absolute atomic E-state index is 0.135. The second-order valence-electron chi connectivity index (χ2n) is 7.01. The van der Waals surface area contributed by atoms with E-state index in [0.29, 0.717) is 5.92 Å². The summed E-state index contributed by atoms with van der Waals surface area (Å²) in [6.07, 6.45) is 3.41. The Morgan fingerprint density at radius 1 is 1.24 bits per heavy atom. The normalized spacial score (nSPS) is 20.9. The minimum Gasteiger partial charge on any atom is -0.445 e. The van der Waals surface area contributed by atoms with Crippen molar-refractivity contribution in [2.45, 2.75) is 31.7 Å². The first kappa shape index (κ1) is 15.9. The molecule has 2 aromatic rings. The van der Waals surface area contributed by atoms with Crippen LogP contribution in [-0.2, 0) is 4.74 Å². The molecule has 1 amide bonds. The van der Waals surface area contributed by atoms with E-state index in [1.165, 1.54) is 27.8 Å². The summed E-state index contributed by atoms with van der Waals surface area (Å²) in [5.74, 6) is 0.565. The average molecular weight is 333 g/mol. The summed E-state index contributed by atoms with van der Waals surface area (Å²) in [5, 5.41) is 0. The van der Waals surface area contributed by atoms with E-state index in [4.69, 9.17) is 4.74 Å². The number of carbonyl (C=O) groups excluding carboxylic acids is 1. The van der Waals surface area contributed by atoms with E-state index < -0.39 is 0 Å².